The number of hydrogen-bond acceptors (Lipinski definition) is 5. The van der Waals surface area contributed by atoms with E-state index in [-0.39, 0.29) is 24.0 Å². The summed E-state index contributed by atoms with van der Waals surface area (Å²) in [4.78, 5) is 26.3. The molecule has 0 unspecified atom stereocenters. The van der Waals surface area contributed by atoms with Crippen LogP contribution in [-0.2, 0) is 19.1 Å². The third-order valence-corrected chi connectivity index (χ3v) is 4.50. The van der Waals surface area contributed by atoms with Gasteiger partial charge in [0.15, 0.2) is 0 Å². The van der Waals surface area contributed by atoms with E-state index in [2.05, 4.69) is 10.2 Å². The van der Waals surface area contributed by atoms with Crippen LogP contribution in [0.4, 0.5) is 0 Å². The first kappa shape index (κ1) is 16.5. The van der Waals surface area contributed by atoms with Crippen LogP contribution >= 0.6 is 0 Å². The molecule has 2 aliphatic heterocycles. The molecule has 3 rings (SSSR count). The zero-order chi connectivity index (χ0) is 17.1. The largest absolute Gasteiger partial charge is 0.493 e. The van der Waals surface area contributed by atoms with Crippen LogP contribution in [0.2, 0.25) is 0 Å². The maximum Gasteiger partial charge on any atom is 0.337 e. The summed E-state index contributed by atoms with van der Waals surface area (Å²) < 4.78 is 10.6. The van der Waals surface area contributed by atoms with Gasteiger partial charge in [0.1, 0.15) is 17.9 Å². The third kappa shape index (κ3) is 3.28. The van der Waals surface area contributed by atoms with Crippen LogP contribution in [0, 0.1) is 0 Å². The number of carbonyl (C=O) groups excluding carboxylic acids is 2. The number of nitrogens with zero attached hydrogens (tertiary/aromatic N) is 1. The molecule has 1 saturated heterocycles. The maximum atomic E-state index is 12.4. The van der Waals surface area contributed by atoms with Crippen LogP contribution in [0.5, 0.6) is 0 Å². The van der Waals surface area contributed by atoms with E-state index in [9.17, 15) is 9.59 Å². The zero-order valence-electron chi connectivity index (χ0n) is 14.0. The fraction of sp³-hybridized carbons (Fsp3) is 0.444. The second-order valence-corrected chi connectivity index (χ2v) is 6.07. The van der Waals surface area contributed by atoms with Crippen LogP contribution in [0.25, 0.3) is 0 Å². The Morgan fingerprint density at radius 1 is 1.38 bits per heavy atom. The third-order valence-electron chi connectivity index (χ3n) is 4.50. The number of hydrogen-bond donors (Lipinski definition) is 1. The lowest BCUT2D eigenvalue weighted by Gasteiger charge is -2.36. The smallest absolute Gasteiger partial charge is 0.337 e. The van der Waals surface area contributed by atoms with Crippen LogP contribution in [-0.4, -0.2) is 49.6 Å². The quantitative estimate of drug-likeness (QED) is 0.845. The van der Waals surface area contributed by atoms with Gasteiger partial charge < -0.3 is 14.8 Å². The number of rotatable bonds is 4. The minimum absolute atomic E-state index is 0.00307. The molecule has 0 bridgehead atoms. The normalized spacial score (nSPS) is 24.5. The van der Waals surface area contributed by atoms with Gasteiger partial charge in [-0.1, -0.05) is 30.3 Å². The maximum absolute atomic E-state index is 12.4. The molecule has 1 aromatic carbocycles. The van der Waals surface area contributed by atoms with Crippen molar-refractivity contribution in [1.82, 2.24) is 10.2 Å². The van der Waals surface area contributed by atoms with Gasteiger partial charge in [0.2, 0.25) is 5.91 Å². The predicted molar refractivity (Wildman–Crippen MR) is 88.0 cm³/mol. The highest BCUT2D eigenvalue weighted by molar-refractivity contribution is 5.89. The molecule has 0 aliphatic carbocycles. The number of methoxy groups -OCH3 is 1. The Morgan fingerprint density at radius 3 is 2.83 bits per heavy atom. The Bertz CT molecular complexity index is 656. The van der Waals surface area contributed by atoms with E-state index in [1.165, 1.54) is 7.11 Å². The Kier molecular flexibility index (Phi) is 4.85. The van der Waals surface area contributed by atoms with Crippen molar-refractivity contribution in [3.63, 3.8) is 0 Å². The lowest BCUT2D eigenvalue weighted by atomic mass is 10.0. The zero-order valence-corrected chi connectivity index (χ0v) is 14.0. The molecule has 2 aliphatic rings. The summed E-state index contributed by atoms with van der Waals surface area (Å²) in [6, 6.07) is 9.39. The van der Waals surface area contributed by atoms with Gasteiger partial charge in [0.05, 0.1) is 12.7 Å². The molecule has 24 heavy (non-hydrogen) atoms. The Morgan fingerprint density at radius 2 is 2.12 bits per heavy atom. The number of carbonyl (C=O) groups is 2. The van der Waals surface area contributed by atoms with Crippen molar-refractivity contribution in [3.8, 4) is 0 Å². The molecule has 2 heterocycles. The van der Waals surface area contributed by atoms with Crippen LogP contribution in [0.3, 0.4) is 0 Å². The molecule has 1 aromatic rings. The number of amides is 1. The molecule has 128 valence electrons. The molecule has 0 radical (unpaired) electrons. The number of ether oxygens (including phenoxy) is 2. The molecule has 0 spiro atoms. The molecular weight excluding hydrogens is 308 g/mol. The molecule has 1 N–H and O–H groups in total. The first-order valence-electron chi connectivity index (χ1n) is 8.11. The van der Waals surface area contributed by atoms with Gasteiger partial charge in [-0.3, -0.25) is 9.69 Å². The fourth-order valence-electron chi connectivity index (χ4n) is 3.36. The lowest BCUT2D eigenvalue weighted by Crippen LogP contribution is -2.51. The summed E-state index contributed by atoms with van der Waals surface area (Å²) >= 11 is 0. The minimum atomic E-state index is -0.342. The van der Waals surface area contributed by atoms with Gasteiger partial charge in [0.25, 0.3) is 0 Å². The van der Waals surface area contributed by atoms with Gasteiger partial charge in [-0.2, -0.15) is 0 Å². The minimum Gasteiger partial charge on any atom is -0.493 e. The summed E-state index contributed by atoms with van der Waals surface area (Å²) in [5, 5.41) is 2.92. The van der Waals surface area contributed by atoms with Gasteiger partial charge >= 0.3 is 5.97 Å². The lowest BCUT2D eigenvalue weighted by molar-refractivity contribution is -0.136. The van der Waals surface area contributed by atoms with Gasteiger partial charge in [-0.05, 0) is 12.5 Å². The fourth-order valence-corrected chi connectivity index (χ4v) is 3.36. The highest BCUT2D eigenvalue weighted by Gasteiger charge is 2.36. The summed E-state index contributed by atoms with van der Waals surface area (Å²) in [6.07, 6.45) is 0.370. The Balaban J connectivity index is 1.72. The molecular formula is C18H22N2O4. The van der Waals surface area contributed by atoms with Crippen molar-refractivity contribution in [3.05, 3.63) is 47.2 Å². The first-order chi connectivity index (χ1) is 11.6. The molecule has 2 atom stereocenters. The van der Waals surface area contributed by atoms with Gasteiger partial charge in [-0.25, -0.2) is 4.79 Å². The second kappa shape index (κ2) is 7.05. The van der Waals surface area contributed by atoms with E-state index in [1.807, 2.05) is 30.3 Å². The highest BCUT2D eigenvalue weighted by atomic mass is 16.5. The van der Waals surface area contributed by atoms with E-state index in [4.69, 9.17) is 9.47 Å². The van der Waals surface area contributed by atoms with Crippen molar-refractivity contribution < 1.29 is 19.1 Å². The SMILES string of the molecule is COC(=O)C1=C(C)O[C@@H](CN2CCNC(=O)[C@@H]2c2ccccc2)C1. The number of allylic oxidation sites excluding steroid dienone is 1. The van der Waals surface area contributed by atoms with Crippen molar-refractivity contribution in [2.75, 3.05) is 26.7 Å². The number of piperazine rings is 1. The van der Waals surface area contributed by atoms with Crippen molar-refractivity contribution >= 4 is 11.9 Å². The number of nitrogens with one attached hydrogen (secondary N) is 1. The molecule has 0 aromatic heterocycles. The summed E-state index contributed by atoms with van der Waals surface area (Å²) in [5.41, 5.74) is 1.55. The van der Waals surface area contributed by atoms with Crippen LogP contribution < -0.4 is 5.32 Å². The predicted octanol–water partition coefficient (Wildman–Crippen LogP) is 1.40. The standard InChI is InChI=1S/C18H22N2O4/c1-12-15(18(22)23-2)10-14(24-12)11-20-9-8-19-17(21)16(20)13-6-4-3-5-7-13/h3-7,14,16H,8-11H2,1-2H3,(H,19,21)/t14-,16+/m1/s1. The number of benzene rings is 1. The molecule has 1 fully saturated rings. The second-order valence-electron chi connectivity index (χ2n) is 6.07. The average Bonchev–Trinajstić information content (AvgIpc) is 2.95. The van der Waals surface area contributed by atoms with Gasteiger partial charge in [-0.15, -0.1) is 0 Å². The van der Waals surface area contributed by atoms with Crippen molar-refractivity contribution in [1.29, 1.82) is 0 Å². The summed E-state index contributed by atoms with van der Waals surface area (Å²) in [6.45, 7) is 3.73. The van der Waals surface area contributed by atoms with E-state index >= 15 is 0 Å². The average molecular weight is 330 g/mol. The van der Waals surface area contributed by atoms with Crippen molar-refractivity contribution in [2.24, 2.45) is 0 Å². The molecule has 1 amide bonds. The Hall–Kier alpha value is -2.34. The van der Waals surface area contributed by atoms with Crippen molar-refractivity contribution in [2.45, 2.75) is 25.5 Å². The molecule has 6 nitrogen and oxygen atoms in total. The molecule has 0 saturated carbocycles. The topological polar surface area (TPSA) is 67.9 Å². The van der Waals surface area contributed by atoms with E-state index in [0.29, 0.717) is 30.8 Å². The highest BCUT2D eigenvalue weighted by Crippen LogP contribution is 2.29. The first-order valence-corrected chi connectivity index (χ1v) is 8.11. The summed E-state index contributed by atoms with van der Waals surface area (Å²) in [7, 11) is 1.37. The monoisotopic (exact) mass is 330 g/mol. The van der Waals surface area contributed by atoms with E-state index < -0.39 is 0 Å². The number of esters is 1. The van der Waals surface area contributed by atoms with E-state index in [1.54, 1.807) is 6.92 Å². The van der Waals surface area contributed by atoms with E-state index in [0.717, 1.165) is 12.1 Å². The summed E-state index contributed by atoms with van der Waals surface area (Å²) in [5.74, 6) is 0.277. The van der Waals surface area contributed by atoms with Crippen LogP contribution in [0.15, 0.2) is 41.7 Å². The Labute approximate surface area is 141 Å². The van der Waals surface area contributed by atoms with Gasteiger partial charge in [0, 0.05) is 26.1 Å². The van der Waals surface area contributed by atoms with Crippen LogP contribution in [0.1, 0.15) is 24.9 Å². The molecule has 6 heteroatoms.